The molecule has 23 heavy (non-hydrogen) atoms. The van der Waals surface area contributed by atoms with Crippen LogP contribution in [0.4, 0.5) is 14.5 Å². The van der Waals surface area contributed by atoms with Crippen molar-refractivity contribution in [2.75, 3.05) is 0 Å². The van der Waals surface area contributed by atoms with Crippen LogP contribution >= 0.6 is 0 Å². The highest BCUT2D eigenvalue weighted by atomic mass is 19.2. The Labute approximate surface area is 131 Å². The second-order valence-electron chi connectivity index (χ2n) is 5.10. The number of carbonyl (C=O) groups is 1. The van der Waals surface area contributed by atoms with Crippen LogP contribution in [-0.2, 0) is 0 Å². The van der Waals surface area contributed by atoms with Crippen molar-refractivity contribution in [2.24, 2.45) is 0 Å². The molecule has 0 saturated heterocycles. The average molecular weight is 320 g/mol. The largest absolute Gasteiger partial charge is 0.345 e. The first-order chi connectivity index (χ1) is 10.8. The number of benzene rings is 2. The van der Waals surface area contributed by atoms with Gasteiger partial charge in [0.15, 0.2) is 11.6 Å². The van der Waals surface area contributed by atoms with Gasteiger partial charge in [-0.3, -0.25) is 14.9 Å². The highest BCUT2D eigenvalue weighted by Crippen LogP contribution is 2.24. The van der Waals surface area contributed by atoms with Gasteiger partial charge in [0.1, 0.15) is 5.56 Å². The van der Waals surface area contributed by atoms with Gasteiger partial charge < -0.3 is 5.32 Å². The Balaban J connectivity index is 2.27. The zero-order valence-electron chi connectivity index (χ0n) is 12.5. The van der Waals surface area contributed by atoms with Crippen molar-refractivity contribution >= 4 is 11.6 Å². The molecule has 2 rings (SSSR count). The molecule has 0 heterocycles. The minimum absolute atomic E-state index is 0.0792. The first kappa shape index (κ1) is 16.5. The third-order valence-corrected chi connectivity index (χ3v) is 3.46. The molecule has 0 bridgehead atoms. The van der Waals surface area contributed by atoms with Gasteiger partial charge in [-0.05, 0) is 37.6 Å². The number of nitro groups is 1. The molecule has 0 fully saturated rings. The number of nitrogens with one attached hydrogen (secondary N) is 1. The van der Waals surface area contributed by atoms with E-state index < -0.39 is 28.5 Å². The lowest BCUT2D eigenvalue weighted by atomic mass is 10.1. The van der Waals surface area contributed by atoms with Crippen molar-refractivity contribution in [1.82, 2.24) is 5.32 Å². The fourth-order valence-electron chi connectivity index (χ4n) is 2.22. The van der Waals surface area contributed by atoms with Crippen LogP contribution in [0, 0.1) is 28.7 Å². The summed E-state index contributed by atoms with van der Waals surface area (Å²) >= 11 is 0. The Kier molecular flexibility index (Phi) is 4.68. The summed E-state index contributed by atoms with van der Waals surface area (Å²) < 4.78 is 26.2. The molecule has 2 aromatic carbocycles. The third kappa shape index (κ3) is 3.50. The van der Waals surface area contributed by atoms with Crippen molar-refractivity contribution in [3.63, 3.8) is 0 Å². The molecule has 1 unspecified atom stereocenters. The van der Waals surface area contributed by atoms with Crippen molar-refractivity contribution in [2.45, 2.75) is 19.9 Å². The van der Waals surface area contributed by atoms with Gasteiger partial charge in [-0.2, -0.15) is 0 Å². The standard InChI is InChI=1S/C16H14F2N2O3/c1-9-4-3-5-12(15(9)20(22)23)16(21)19-10(2)11-6-7-13(17)14(18)8-11/h3-8,10H,1-2H3,(H,19,21). The zero-order valence-corrected chi connectivity index (χ0v) is 12.5. The summed E-state index contributed by atoms with van der Waals surface area (Å²) in [6.45, 7) is 3.11. The molecule has 0 spiro atoms. The van der Waals surface area contributed by atoms with Gasteiger partial charge >= 0.3 is 0 Å². The van der Waals surface area contributed by atoms with E-state index in [9.17, 15) is 23.7 Å². The molecule has 1 amide bonds. The number of carbonyl (C=O) groups excluding carboxylic acids is 1. The number of aryl methyl sites for hydroxylation is 1. The van der Waals surface area contributed by atoms with Gasteiger partial charge in [-0.15, -0.1) is 0 Å². The minimum atomic E-state index is -1.02. The van der Waals surface area contributed by atoms with E-state index in [1.807, 2.05) is 0 Å². The van der Waals surface area contributed by atoms with E-state index >= 15 is 0 Å². The maximum absolute atomic E-state index is 13.2. The van der Waals surface area contributed by atoms with Crippen LogP contribution in [0.3, 0.4) is 0 Å². The van der Waals surface area contributed by atoms with E-state index in [1.165, 1.54) is 25.1 Å². The topological polar surface area (TPSA) is 72.2 Å². The van der Waals surface area contributed by atoms with Crippen LogP contribution < -0.4 is 5.32 Å². The van der Waals surface area contributed by atoms with E-state index in [-0.39, 0.29) is 11.3 Å². The third-order valence-electron chi connectivity index (χ3n) is 3.46. The molecular formula is C16H14F2N2O3. The van der Waals surface area contributed by atoms with E-state index in [0.717, 1.165) is 12.1 Å². The highest BCUT2D eigenvalue weighted by Gasteiger charge is 2.23. The molecule has 0 saturated carbocycles. The predicted molar refractivity (Wildman–Crippen MR) is 80.1 cm³/mol. The minimum Gasteiger partial charge on any atom is -0.345 e. The molecule has 0 aromatic heterocycles. The van der Waals surface area contributed by atoms with Crippen molar-refractivity contribution < 1.29 is 18.5 Å². The van der Waals surface area contributed by atoms with E-state index in [0.29, 0.717) is 11.1 Å². The Hall–Kier alpha value is -2.83. The van der Waals surface area contributed by atoms with Crippen LogP contribution in [0.5, 0.6) is 0 Å². The molecule has 7 heteroatoms. The lowest BCUT2D eigenvalue weighted by molar-refractivity contribution is -0.385. The number of hydrogen-bond donors (Lipinski definition) is 1. The number of hydrogen-bond acceptors (Lipinski definition) is 3. The van der Waals surface area contributed by atoms with Crippen LogP contribution in [0.25, 0.3) is 0 Å². The molecule has 0 aliphatic rings. The van der Waals surface area contributed by atoms with Crippen LogP contribution in [0.15, 0.2) is 36.4 Å². The van der Waals surface area contributed by atoms with E-state index in [1.54, 1.807) is 13.0 Å². The average Bonchev–Trinajstić information content (AvgIpc) is 2.49. The smallest absolute Gasteiger partial charge is 0.285 e. The number of halogens is 2. The second-order valence-corrected chi connectivity index (χ2v) is 5.10. The summed E-state index contributed by atoms with van der Waals surface area (Å²) in [6, 6.07) is 7.06. The Morgan fingerprint density at radius 3 is 2.52 bits per heavy atom. The quantitative estimate of drug-likeness (QED) is 0.690. The Morgan fingerprint density at radius 2 is 1.91 bits per heavy atom. The second kappa shape index (κ2) is 6.51. The summed E-state index contributed by atoms with van der Waals surface area (Å²) in [4.78, 5) is 22.8. The summed E-state index contributed by atoms with van der Waals surface area (Å²) in [5, 5.41) is 13.7. The number of amides is 1. The van der Waals surface area contributed by atoms with Crippen LogP contribution in [0.2, 0.25) is 0 Å². The van der Waals surface area contributed by atoms with Gasteiger partial charge in [0, 0.05) is 5.56 Å². The molecule has 0 aliphatic heterocycles. The zero-order chi connectivity index (χ0) is 17.1. The number of nitrogens with zero attached hydrogens (tertiary/aromatic N) is 1. The van der Waals surface area contributed by atoms with Gasteiger partial charge in [0.25, 0.3) is 11.6 Å². The number of para-hydroxylation sites is 1. The molecule has 1 atom stereocenters. The van der Waals surface area contributed by atoms with Gasteiger partial charge in [0.2, 0.25) is 0 Å². The van der Waals surface area contributed by atoms with Gasteiger partial charge in [-0.1, -0.05) is 18.2 Å². The summed E-state index contributed by atoms with van der Waals surface area (Å²) in [7, 11) is 0. The summed E-state index contributed by atoms with van der Waals surface area (Å²) in [6.07, 6.45) is 0. The van der Waals surface area contributed by atoms with Crippen LogP contribution in [-0.4, -0.2) is 10.8 Å². The normalized spacial score (nSPS) is 11.8. The SMILES string of the molecule is Cc1cccc(C(=O)NC(C)c2ccc(F)c(F)c2)c1[N+](=O)[O-]. The van der Waals surface area contributed by atoms with Crippen molar-refractivity contribution in [3.8, 4) is 0 Å². The molecule has 0 radical (unpaired) electrons. The molecule has 0 aliphatic carbocycles. The summed E-state index contributed by atoms with van der Waals surface area (Å²) in [5.41, 5.74) is 0.364. The number of nitro benzene ring substituents is 1. The van der Waals surface area contributed by atoms with Gasteiger partial charge in [0.05, 0.1) is 11.0 Å². The molecule has 1 N–H and O–H groups in total. The first-order valence-corrected chi connectivity index (χ1v) is 6.81. The van der Waals surface area contributed by atoms with E-state index in [2.05, 4.69) is 5.32 Å². The van der Waals surface area contributed by atoms with Crippen molar-refractivity contribution in [1.29, 1.82) is 0 Å². The van der Waals surface area contributed by atoms with Crippen LogP contribution in [0.1, 0.15) is 34.5 Å². The molecule has 5 nitrogen and oxygen atoms in total. The fraction of sp³-hybridized carbons (Fsp3) is 0.188. The maximum Gasteiger partial charge on any atom is 0.285 e. The monoisotopic (exact) mass is 320 g/mol. The number of rotatable bonds is 4. The van der Waals surface area contributed by atoms with Gasteiger partial charge in [-0.25, -0.2) is 8.78 Å². The fourth-order valence-corrected chi connectivity index (χ4v) is 2.22. The molecule has 2 aromatic rings. The molecular weight excluding hydrogens is 306 g/mol. The predicted octanol–water partition coefficient (Wildman–Crippen LogP) is 3.67. The Bertz CT molecular complexity index is 778. The molecule has 120 valence electrons. The first-order valence-electron chi connectivity index (χ1n) is 6.81. The maximum atomic E-state index is 13.2. The lowest BCUT2D eigenvalue weighted by Gasteiger charge is -2.15. The highest BCUT2D eigenvalue weighted by molar-refractivity contribution is 5.98. The van der Waals surface area contributed by atoms with E-state index in [4.69, 9.17) is 0 Å². The van der Waals surface area contributed by atoms with Crippen molar-refractivity contribution in [3.05, 3.63) is 74.8 Å². The lowest BCUT2D eigenvalue weighted by Crippen LogP contribution is -2.27. The summed E-state index contributed by atoms with van der Waals surface area (Å²) in [5.74, 6) is -2.66. The Morgan fingerprint density at radius 1 is 1.22 bits per heavy atom.